The van der Waals surface area contributed by atoms with E-state index in [1.807, 2.05) is 25.1 Å². The van der Waals surface area contributed by atoms with Crippen molar-refractivity contribution in [1.29, 1.82) is 0 Å². The maximum atomic E-state index is 10.7. The molecule has 0 atom stereocenters. The summed E-state index contributed by atoms with van der Waals surface area (Å²) in [6.07, 6.45) is 0. The zero-order chi connectivity index (χ0) is 12.7. The van der Waals surface area contributed by atoms with Crippen molar-refractivity contribution < 1.29 is 14.4 Å². The molecule has 0 aliphatic carbocycles. The second-order valence-corrected chi connectivity index (χ2v) is 3.95. The minimum absolute atomic E-state index is 0.103. The lowest BCUT2D eigenvalue weighted by molar-refractivity contribution is 0.0686. The van der Waals surface area contributed by atoms with Gasteiger partial charge in [-0.05, 0) is 25.1 Å². The fourth-order valence-corrected chi connectivity index (χ4v) is 1.81. The molecule has 0 aliphatic heterocycles. The maximum absolute atomic E-state index is 10.7. The number of H-pyrrole nitrogens is 1. The van der Waals surface area contributed by atoms with Crippen LogP contribution in [0.15, 0.2) is 28.8 Å². The minimum Gasteiger partial charge on any atom is -0.476 e. The molecule has 0 bridgehead atoms. The second-order valence-electron chi connectivity index (χ2n) is 3.95. The van der Waals surface area contributed by atoms with Gasteiger partial charge in [-0.15, -0.1) is 0 Å². The summed E-state index contributed by atoms with van der Waals surface area (Å²) in [5.41, 5.74) is 2.47. The first kappa shape index (κ1) is 10.5. The van der Waals surface area contributed by atoms with Crippen molar-refractivity contribution in [3.63, 3.8) is 0 Å². The summed E-state index contributed by atoms with van der Waals surface area (Å²) in [6, 6.07) is 6.99. The van der Waals surface area contributed by atoms with Crippen LogP contribution < -0.4 is 0 Å². The standard InChI is InChI=1S/C12H9N3O3/c1-6-8-4-7(2-3-9(8)14-13-6)11-5-10(12(16)17)15-18-11/h2-5H,1H3,(H,13,14)(H,16,17). The van der Waals surface area contributed by atoms with E-state index in [4.69, 9.17) is 9.63 Å². The van der Waals surface area contributed by atoms with Crippen molar-refractivity contribution in [3.8, 4) is 11.3 Å². The lowest BCUT2D eigenvalue weighted by Crippen LogP contribution is -1.94. The topological polar surface area (TPSA) is 92.0 Å². The van der Waals surface area contributed by atoms with Crippen LogP contribution in [-0.4, -0.2) is 26.4 Å². The van der Waals surface area contributed by atoms with Gasteiger partial charge >= 0.3 is 5.97 Å². The minimum atomic E-state index is -1.11. The normalized spacial score (nSPS) is 10.9. The van der Waals surface area contributed by atoms with Gasteiger partial charge in [0.1, 0.15) is 0 Å². The highest BCUT2D eigenvalue weighted by Gasteiger charge is 2.13. The van der Waals surface area contributed by atoms with Gasteiger partial charge in [0.25, 0.3) is 0 Å². The van der Waals surface area contributed by atoms with E-state index in [1.165, 1.54) is 6.07 Å². The molecule has 18 heavy (non-hydrogen) atoms. The Labute approximate surface area is 101 Å². The summed E-state index contributed by atoms with van der Waals surface area (Å²) in [5, 5.41) is 20.2. The van der Waals surface area contributed by atoms with Crippen LogP contribution in [0.5, 0.6) is 0 Å². The number of hydrogen-bond acceptors (Lipinski definition) is 4. The molecule has 2 heterocycles. The smallest absolute Gasteiger partial charge is 0.358 e. The number of fused-ring (bicyclic) bond motifs is 1. The number of benzene rings is 1. The molecule has 0 aliphatic rings. The van der Waals surface area contributed by atoms with Crippen LogP contribution in [0.2, 0.25) is 0 Å². The highest BCUT2D eigenvalue weighted by molar-refractivity contribution is 5.88. The molecule has 0 amide bonds. The molecule has 6 nitrogen and oxygen atoms in total. The van der Waals surface area contributed by atoms with E-state index >= 15 is 0 Å². The van der Waals surface area contributed by atoms with Crippen LogP contribution >= 0.6 is 0 Å². The van der Waals surface area contributed by atoms with E-state index in [-0.39, 0.29) is 5.69 Å². The van der Waals surface area contributed by atoms with Gasteiger partial charge in [0.2, 0.25) is 0 Å². The van der Waals surface area contributed by atoms with E-state index < -0.39 is 5.97 Å². The first-order valence-corrected chi connectivity index (χ1v) is 5.30. The Balaban J connectivity index is 2.12. The molecule has 2 aromatic heterocycles. The highest BCUT2D eigenvalue weighted by atomic mass is 16.5. The van der Waals surface area contributed by atoms with Crippen LogP contribution in [0, 0.1) is 6.92 Å². The number of aryl methyl sites for hydroxylation is 1. The first-order valence-electron chi connectivity index (χ1n) is 5.30. The van der Waals surface area contributed by atoms with Gasteiger partial charge in [0.15, 0.2) is 11.5 Å². The Hall–Kier alpha value is -2.63. The average molecular weight is 243 g/mol. The van der Waals surface area contributed by atoms with Gasteiger partial charge in [-0.25, -0.2) is 4.79 Å². The fraction of sp³-hybridized carbons (Fsp3) is 0.0833. The van der Waals surface area contributed by atoms with Gasteiger partial charge in [0, 0.05) is 17.0 Å². The van der Waals surface area contributed by atoms with E-state index in [1.54, 1.807) is 0 Å². The number of aromatic nitrogens is 3. The Morgan fingerprint density at radius 1 is 1.39 bits per heavy atom. The number of carboxylic acids is 1. The van der Waals surface area contributed by atoms with Crippen molar-refractivity contribution >= 4 is 16.9 Å². The Morgan fingerprint density at radius 3 is 2.94 bits per heavy atom. The Bertz CT molecular complexity index is 742. The number of carboxylic acid groups (broad SMARTS) is 1. The third kappa shape index (κ3) is 1.55. The van der Waals surface area contributed by atoms with Gasteiger partial charge in [-0.3, -0.25) is 5.10 Å². The molecule has 0 saturated heterocycles. The molecule has 0 radical (unpaired) electrons. The molecule has 0 spiro atoms. The highest BCUT2D eigenvalue weighted by Crippen LogP contribution is 2.25. The quantitative estimate of drug-likeness (QED) is 0.720. The lowest BCUT2D eigenvalue weighted by atomic mass is 10.1. The molecule has 1 aromatic carbocycles. The molecular weight excluding hydrogens is 234 g/mol. The summed E-state index contributed by atoms with van der Waals surface area (Å²) in [7, 11) is 0. The first-order chi connectivity index (χ1) is 8.65. The third-order valence-electron chi connectivity index (χ3n) is 2.77. The van der Waals surface area contributed by atoms with Crippen LogP contribution in [0.1, 0.15) is 16.2 Å². The summed E-state index contributed by atoms with van der Waals surface area (Å²) in [5.74, 6) is -0.680. The molecule has 6 heteroatoms. The summed E-state index contributed by atoms with van der Waals surface area (Å²) < 4.78 is 5.02. The fourth-order valence-electron chi connectivity index (χ4n) is 1.81. The molecule has 3 aromatic rings. The van der Waals surface area contributed by atoms with Crippen LogP contribution in [0.4, 0.5) is 0 Å². The Kier molecular flexibility index (Phi) is 2.16. The monoisotopic (exact) mass is 243 g/mol. The molecule has 3 rings (SSSR count). The van der Waals surface area contributed by atoms with Crippen LogP contribution in [-0.2, 0) is 0 Å². The summed E-state index contributed by atoms with van der Waals surface area (Å²) in [4.78, 5) is 10.7. The number of nitrogens with zero attached hydrogens (tertiary/aromatic N) is 2. The zero-order valence-electron chi connectivity index (χ0n) is 9.47. The summed E-state index contributed by atoms with van der Waals surface area (Å²) in [6.45, 7) is 1.89. The van der Waals surface area contributed by atoms with Crippen molar-refractivity contribution in [2.75, 3.05) is 0 Å². The molecular formula is C12H9N3O3. The number of hydrogen-bond donors (Lipinski definition) is 2. The van der Waals surface area contributed by atoms with Gasteiger partial charge in [0.05, 0.1) is 11.2 Å². The number of aromatic carboxylic acids is 1. The largest absolute Gasteiger partial charge is 0.476 e. The average Bonchev–Trinajstić information content (AvgIpc) is 2.96. The van der Waals surface area contributed by atoms with E-state index in [0.29, 0.717) is 5.76 Å². The second kappa shape index (κ2) is 3.69. The predicted molar refractivity (Wildman–Crippen MR) is 63.3 cm³/mol. The Morgan fingerprint density at radius 2 is 2.22 bits per heavy atom. The predicted octanol–water partition coefficient (Wildman–Crippen LogP) is 2.22. The van der Waals surface area contributed by atoms with Crippen LogP contribution in [0.25, 0.3) is 22.2 Å². The molecule has 90 valence electrons. The number of nitrogens with one attached hydrogen (secondary N) is 1. The van der Waals surface area contributed by atoms with Gasteiger partial charge in [-0.1, -0.05) is 5.16 Å². The summed E-state index contributed by atoms with van der Waals surface area (Å²) >= 11 is 0. The third-order valence-corrected chi connectivity index (χ3v) is 2.77. The zero-order valence-corrected chi connectivity index (χ0v) is 9.47. The van der Waals surface area contributed by atoms with Gasteiger partial charge in [-0.2, -0.15) is 5.10 Å². The van der Waals surface area contributed by atoms with E-state index in [9.17, 15) is 4.79 Å². The van der Waals surface area contributed by atoms with Crippen molar-refractivity contribution in [1.82, 2.24) is 15.4 Å². The van der Waals surface area contributed by atoms with E-state index in [0.717, 1.165) is 22.2 Å². The lowest BCUT2D eigenvalue weighted by Gasteiger charge is -1.95. The number of aromatic amines is 1. The van der Waals surface area contributed by atoms with Crippen molar-refractivity contribution in [3.05, 3.63) is 35.7 Å². The molecule has 0 unspecified atom stereocenters. The van der Waals surface area contributed by atoms with Crippen LogP contribution in [0.3, 0.4) is 0 Å². The number of carbonyl (C=O) groups is 1. The SMILES string of the molecule is Cc1n[nH]c2ccc(-c3cc(C(=O)O)no3)cc12. The number of rotatable bonds is 2. The van der Waals surface area contributed by atoms with Crippen molar-refractivity contribution in [2.45, 2.75) is 6.92 Å². The molecule has 0 fully saturated rings. The molecule has 2 N–H and O–H groups in total. The van der Waals surface area contributed by atoms with Crippen molar-refractivity contribution in [2.24, 2.45) is 0 Å². The maximum Gasteiger partial charge on any atom is 0.358 e. The molecule has 0 saturated carbocycles. The van der Waals surface area contributed by atoms with Gasteiger partial charge < -0.3 is 9.63 Å². The van der Waals surface area contributed by atoms with E-state index in [2.05, 4.69) is 15.4 Å².